The third-order valence-electron chi connectivity index (χ3n) is 4.54. The van der Waals surface area contributed by atoms with Gasteiger partial charge in [-0.3, -0.25) is 19.2 Å². The van der Waals surface area contributed by atoms with Crippen LogP contribution in [-0.2, 0) is 14.4 Å². The van der Waals surface area contributed by atoms with Gasteiger partial charge >= 0.3 is 5.97 Å². The fourth-order valence-corrected chi connectivity index (χ4v) is 3.06. The first kappa shape index (κ1) is 21.4. The lowest BCUT2D eigenvalue weighted by Crippen LogP contribution is -2.47. The highest BCUT2D eigenvalue weighted by molar-refractivity contribution is 5.97. The Morgan fingerprint density at radius 2 is 1.79 bits per heavy atom. The molecule has 1 saturated heterocycles. The van der Waals surface area contributed by atoms with Crippen molar-refractivity contribution in [1.82, 2.24) is 10.2 Å². The number of carboxylic acids is 1. The molecule has 2 rings (SSSR count). The summed E-state index contributed by atoms with van der Waals surface area (Å²) in [6.07, 6.45) is 1.50. The summed E-state index contributed by atoms with van der Waals surface area (Å²) < 4.78 is 0. The number of hydrogen-bond donors (Lipinski definition) is 3. The van der Waals surface area contributed by atoms with Gasteiger partial charge in [-0.2, -0.15) is 0 Å². The molecule has 3 N–H and O–H groups in total. The smallest absolute Gasteiger partial charge is 0.322 e. The second-order valence-electron chi connectivity index (χ2n) is 7.98. The molecule has 1 heterocycles. The summed E-state index contributed by atoms with van der Waals surface area (Å²) in [5.41, 5.74) is 0.369. The molecule has 8 nitrogen and oxygen atoms in total. The lowest BCUT2D eigenvalue weighted by Gasteiger charge is -2.35. The van der Waals surface area contributed by atoms with E-state index in [4.69, 9.17) is 5.11 Å². The molecule has 3 amide bonds. The Kier molecular flexibility index (Phi) is 6.77. The van der Waals surface area contributed by atoms with Crippen molar-refractivity contribution >= 4 is 29.4 Å². The Labute approximate surface area is 164 Å². The van der Waals surface area contributed by atoms with E-state index in [-0.39, 0.29) is 17.7 Å². The van der Waals surface area contributed by atoms with E-state index in [1.807, 2.05) is 20.8 Å². The molecule has 0 saturated carbocycles. The van der Waals surface area contributed by atoms with Crippen LogP contribution in [0.5, 0.6) is 0 Å². The first-order valence-electron chi connectivity index (χ1n) is 9.28. The molecule has 1 aromatic carbocycles. The molecule has 152 valence electrons. The van der Waals surface area contributed by atoms with Gasteiger partial charge < -0.3 is 20.6 Å². The van der Waals surface area contributed by atoms with E-state index in [1.54, 1.807) is 17.0 Å². The van der Waals surface area contributed by atoms with Gasteiger partial charge in [-0.25, -0.2) is 0 Å². The first-order chi connectivity index (χ1) is 13.1. The minimum atomic E-state index is -1.12. The van der Waals surface area contributed by atoms with Gasteiger partial charge in [-0.1, -0.05) is 20.8 Å². The number of anilines is 1. The molecule has 0 aliphatic carbocycles. The number of carboxylic acid groups (broad SMARTS) is 1. The largest absolute Gasteiger partial charge is 0.480 e. The summed E-state index contributed by atoms with van der Waals surface area (Å²) in [5, 5.41) is 13.7. The van der Waals surface area contributed by atoms with Crippen LogP contribution in [0.1, 0.15) is 44.0 Å². The topological polar surface area (TPSA) is 116 Å². The van der Waals surface area contributed by atoms with Crippen molar-refractivity contribution in [3.05, 3.63) is 29.8 Å². The Hall–Kier alpha value is -2.90. The lowest BCUT2D eigenvalue weighted by molar-refractivity contribution is -0.142. The quantitative estimate of drug-likeness (QED) is 0.709. The molecule has 1 aliphatic rings. The van der Waals surface area contributed by atoms with Crippen LogP contribution in [0.2, 0.25) is 0 Å². The van der Waals surface area contributed by atoms with Crippen LogP contribution < -0.4 is 10.6 Å². The van der Waals surface area contributed by atoms with Gasteiger partial charge in [-0.15, -0.1) is 0 Å². The van der Waals surface area contributed by atoms with E-state index < -0.39 is 23.8 Å². The van der Waals surface area contributed by atoms with Gasteiger partial charge in [0.05, 0.1) is 5.92 Å². The van der Waals surface area contributed by atoms with Crippen LogP contribution in [0.25, 0.3) is 0 Å². The summed E-state index contributed by atoms with van der Waals surface area (Å²) in [4.78, 5) is 49.1. The number of hydrogen-bond acceptors (Lipinski definition) is 4. The molecular weight excluding hydrogens is 362 g/mol. The van der Waals surface area contributed by atoms with Crippen LogP contribution in [0.4, 0.5) is 5.69 Å². The minimum absolute atomic E-state index is 0.0433. The summed E-state index contributed by atoms with van der Waals surface area (Å²) >= 11 is 0. The van der Waals surface area contributed by atoms with Crippen LogP contribution >= 0.6 is 0 Å². The molecule has 1 unspecified atom stereocenters. The second-order valence-corrected chi connectivity index (χ2v) is 7.98. The molecule has 0 bridgehead atoms. The van der Waals surface area contributed by atoms with E-state index in [9.17, 15) is 19.2 Å². The van der Waals surface area contributed by atoms with Gasteiger partial charge in [0.15, 0.2) is 0 Å². The Balaban J connectivity index is 1.94. The zero-order valence-electron chi connectivity index (χ0n) is 16.4. The van der Waals surface area contributed by atoms with E-state index in [1.165, 1.54) is 12.1 Å². The molecule has 1 fully saturated rings. The predicted octanol–water partition coefficient (Wildman–Crippen LogP) is 1.72. The second kappa shape index (κ2) is 8.86. The van der Waals surface area contributed by atoms with Crippen LogP contribution in [0, 0.1) is 11.3 Å². The monoisotopic (exact) mass is 389 g/mol. The van der Waals surface area contributed by atoms with Crippen molar-refractivity contribution in [2.75, 3.05) is 25.0 Å². The number of likely N-dealkylation sites (tertiary alicyclic amines) is 1. The number of carbonyl (C=O) groups excluding carboxylic acids is 3. The molecule has 0 aromatic heterocycles. The van der Waals surface area contributed by atoms with E-state index in [0.29, 0.717) is 24.3 Å². The normalized spacial score (nSPS) is 17.0. The van der Waals surface area contributed by atoms with Gasteiger partial charge in [0.1, 0.15) is 6.54 Å². The predicted molar refractivity (Wildman–Crippen MR) is 104 cm³/mol. The Morgan fingerprint density at radius 3 is 2.36 bits per heavy atom. The number of carbonyl (C=O) groups is 4. The van der Waals surface area contributed by atoms with E-state index in [2.05, 4.69) is 10.6 Å². The van der Waals surface area contributed by atoms with E-state index >= 15 is 0 Å². The summed E-state index contributed by atoms with van der Waals surface area (Å²) in [7, 11) is 0. The summed E-state index contributed by atoms with van der Waals surface area (Å²) in [6, 6.07) is 6.22. The zero-order valence-corrected chi connectivity index (χ0v) is 16.4. The minimum Gasteiger partial charge on any atom is -0.480 e. The SMILES string of the molecule is CC(C)(C)C(=O)N1CCCC(C(=O)Nc2ccc(C(=O)NCC(=O)O)cc2)C1. The number of amides is 3. The van der Waals surface area contributed by atoms with Crippen LogP contribution in [0.3, 0.4) is 0 Å². The summed E-state index contributed by atoms with van der Waals surface area (Å²) in [6.45, 7) is 6.22. The maximum Gasteiger partial charge on any atom is 0.322 e. The molecule has 0 spiro atoms. The number of aliphatic carboxylic acids is 1. The van der Waals surface area contributed by atoms with Crippen molar-refractivity contribution in [1.29, 1.82) is 0 Å². The van der Waals surface area contributed by atoms with Gasteiger partial charge in [0.2, 0.25) is 11.8 Å². The van der Waals surface area contributed by atoms with Crippen molar-refractivity contribution < 1.29 is 24.3 Å². The van der Waals surface area contributed by atoms with Crippen molar-refractivity contribution in [2.45, 2.75) is 33.6 Å². The Bertz CT molecular complexity index is 752. The third-order valence-corrected chi connectivity index (χ3v) is 4.54. The average Bonchev–Trinajstić information content (AvgIpc) is 2.65. The standard InChI is InChI=1S/C20H27N3O5/c1-20(2,3)19(28)23-10-4-5-14(12-23)18(27)22-15-8-6-13(7-9-15)17(26)21-11-16(24)25/h6-9,14H,4-5,10-12H2,1-3H3,(H,21,26)(H,22,27)(H,24,25). The molecule has 1 atom stereocenters. The molecular formula is C20H27N3O5. The molecule has 1 aromatic rings. The van der Waals surface area contributed by atoms with Crippen molar-refractivity contribution in [3.8, 4) is 0 Å². The maximum absolute atomic E-state index is 12.6. The fourth-order valence-electron chi connectivity index (χ4n) is 3.06. The number of benzene rings is 1. The summed E-state index contributed by atoms with van der Waals surface area (Å²) in [5.74, 6) is -2.01. The maximum atomic E-state index is 12.6. The fraction of sp³-hybridized carbons (Fsp3) is 0.500. The number of nitrogens with one attached hydrogen (secondary N) is 2. The number of rotatable bonds is 5. The number of piperidine rings is 1. The highest BCUT2D eigenvalue weighted by Gasteiger charge is 2.33. The van der Waals surface area contributed by atoms with Crippen LogP contribution in [-0.4, -0.2) is 53.3 Å². The van der Waals surface area contributed by atoms with Gasteiger partial charge in [0, 0.05) is 29.8 Å². The lowest BCUT2D eigenvalue weighted by atomic mass is 9.91. The van der Waals surface area contributed by atoms with Crippen LogP contribution in [0.15, 0.2) is 24.3 Å². The molecule has 1 aliphatic heterocycles. The number of nitrogens with zero attached hydrogens (tertiary/aromatic N) is 1. The van der Waals surface area contributed by atoms with Crippen molar-refractivity contribution in [3.63, 3.8) is 0 Å². The molecule has 0 radical (unpaired) electrons. The first-order valence-corrected chi connectivity index (χ1v) is 9.28. The van der Waals surface area contributed by atoms with Gasteiger partial charge in [0.25, 0.3) is 5.91 Å². The van der Waals surface area contributed by atoms with E-state index in [0.717, 1.165) is 12.8 Å². The average molecular weight is 389 g/mol. The Morgan fingerprint density at radius 1 is 1.14 bits per heavy atom. The highest BCUT2D eigenvalue weighted by Crippen LogP contribution is 2.24. The molecule has 28 heavy (non-hydrogen) atoms. The van der Waals surface area contributed by atoms with Gasteiger partial charge in [-0.05, 0) is 37.1 Å². The highest BCUT2D eigenvalue weighted by atomic mass is 16.4. The zero-order chi connectivity index (χ0) is 20.9. The van der Waals surface area contributed by atoms with Crippen molar-refractivity contribution in [2.24, 2.45) is 11.3 Å². The third kappa shape index (κ3) is 5.80. The molecule has 8 heteroatoms.